The number of aromatic nitrogens is 2. The van der Waals surface area contributed by atoms with Crippen LogP contribution >= 0.6 is 0 Å². The average Bonchev–Trinajstić information content (AvgIpc) is 3.02. The molecule has 2 heterocycles. The van der Waals surface area contributed by atoms with Gasteiger partial charge < -0.3 is 10.2 Å². The van der Waals surface area contributed by atoms with Gasteiger partial charge in [-0.15, -0.1) is 0 Å². The summed E-state index contributed by atoms with van der Waals surface area (Å²) >= 11 is 0. The van der Waals surface area contributed by atoms with E-state index in [0.29, 0.717) is 11.9 Å². The maximum atomic E-state index is 8.86. The van der Waals surface area contributed by atoms with Crippen molar-refractivity contribution in [3.05, 3.63) is 42.6 Å². The first-order chi connectivity index (χ1) is 10.3. The number of likely N-dealkylation sites (tertiary alicyclic amines) is 1. The first-order valence-corrected chi connectivity index (χ1v) is 7.12. The number of anilines is 1. The minimum atomic E-state index is 0.480. The lowest BCUT2D eigenvalue weighted by Crippen LogP contribution is -2.19. The molecule has 21 heavy (non-hydrogen) atoms. The van der Waals surface area contributed by atoms with E-state index in [1.54, 1.807) is 11.1 Å². The molecule has 106 valence electrons. The van der Waals surface area contributed by atoms with Crippen molar-refractivity contribution in [2.24, 2.45) is 5.92 Å². The van der Waals surface area contributed by atoms with Crippen LogP contribution in [0.25, 0.3) is 11.3 Å². The van der Waals surface area contributed by atoms with Crippen molar-refractivity contribution >= 4 is 5.95 Å². The summed E-state index contributed by atoms with van der Waals surface area (Å²) in [5, 5.41) is 12.1. The van der Waals surface area contributed by atoms with Gasteiger partial charge in [0, 0.05) is 31.4 Å². The summed E-state index contributed by atoms with van der Waals surface area (Å²) in [7, 11) is 0. The zero-order chi connectivity index (χ0) is 14.5. The first-order valence-electron chi connectivity index (χ1n) is 7.12. The highest BCUT2D eigenvalue weighted by molar-refractivity contribution is 5.59. The molecule has 5 heteroatoms. The van der Waals surface area contributed by atoms with Crippen LogP contribution in [-0.2, 0) is 0 Å². The molecule has 1 aliphatic rings. The Labute approximate surface area is 124 Å². The van der Waals surface area contributed by atoms with Gasteiger partial charge in [0.05, 0.1) is 5.69 Å². The fourth-order valence-electron chi connectivity index (χ4n) is 2.54. The molecule has 5 nitrogen and oxygen atoms in total. The quantitative estimate of drug-likeness (QED) is 0.870. The summed E-state index contributed by atoms with van der Waals surface area (Å²) in [4.78, 5) is 10.6. The van der Waals surface area contributed by atoms with Crippen molar-refractivity contribution in [3.8, 4) is 17.5 Å². The van der Waals surface area contributed by atoms with Gasteiger partial charge in [-0.25, -0.2) is 9.97 Å². The van der Waals surface area contributed by atoms with Crippen molar-refractivity contribution in [2.45, 2.75) is 6.42 Å². The fourth-order valence-corrected chi connectivity index (χ4v) is 2.54. The van der Waals surface area contributed by atoms with Crippen LogP contribution in [0.15, 0.2) is 42.6 Å². The molecular weight excluding hydrogens is 262 g/mol. The standard InChI is InChI=1S/C16H17N5/c17-12-21-9-7-13(11-21)10-19-16-18-8-6-15(20-16)14-4-2-1-3-5-14/h1-6,8,13H,7,9-11H2,(H,18,19,20)/t13-/m0/s1. The highest BCUT2D eigenvalue weighted by Crippen LogP contribution is 2.18. The van der Waals surface area contributed by atoms with E-state index in [9.17, 15) is 0 Å². The molecule has 0 unspecified atom stereocenters. The number of nitriles is 1. The van der Waals surface area contributed by atoms with E-state index in [1.165, 1.54) is 0 Å². The molecule has 1 aromatic heterocycles. The minimum absolute atomic E-state index is 0.480. The first kappa shape index (κ1) is 13.4. The van der Waals surface area contributed by atoms with E-state index in [-0.39, 0.29) is 0 Å². The van der Waals surface area contributed by atoms with Gasteiger partial charge >= 0.3 is 0 Å². The van der Waals surface area contributed by atoms with Gasteiger partial charge in [0.1, 0.15) is 0 Å². The van der Waals surface area contributed by atoms with Crippen LogP contribution in [0.1, 0.15) is 6.42 Å². The number of hydrogen-bond acceptors (Lipinski definition) is 5. The van der Waals surface area contributed by atoms with Crippen molar-refractivity contribution in [3.63, 3.8) is 0 Å². The minimum Gasteiger partial charge on any atom is -0.354 e. The Balaban J connectivity index is 1.63. The Morgan fingerprint density at radius 2 is 2.14 bits per heavy atom. The molecule has 0 bridgehead atoms. The second-order valence-corrected chi connectivity index (χ2v) is 5.21. The second kappa shape index (κ2) is 6.23. The molecule has 0 radical (unpaired) electrons. The normalized spacial score (nSPS) is 17.5. The number of benzene rings is 1. The van der Waals surface area contributed by atoms with Crippen molar-refractivity contribution < 1.29 is 0 Å². The maximum absolute atomic E-state index is 8.86. The zero-order valence-electron chi connectivity index (χ0n) is 11.7. The summed E-state index contributed by atoms with van der Waals surface area (Å²) in [6, 6.07) is 12.0. The summed E-state index contributed by atoms with van der Waals surface area (Å²) < 4.78 is 0. The smallest absolute Gasteiger partial charge is 0.223 e. The van der Waals surface area contributed by atoms with Gasteiger partial charge in [0.2, 0.25) is 5.95 Å². The SMILES string of the molecule is N#CN1CC[C@@H](CNc2nccc(-c3ccccc3)n2)C1. The number of nitrogens with one attached hydrogen (secondary N) is 1. The van der Waals surface area contributed by atoms with Gasteiger partial charge in [-0.2, -0.15) is 5.26 Å². The van der Waals surface area contributed by atoms with Crippen LogP contribution in [0.4, 0.5) is 5.95 Å². The molecule has 1 aromatic carbocycles. The van der Waals surface area contributed by atoms with E-state index < -0.39 is 0 Å². The Bertz CT molecular complexity index is 635. The largest absolute Gasteiger partial charge is 0.354 e. The molecule has 1 aliphatic heterocycles. The van der Waals surface area contributed by atoms with Crippen LogP contribution in [0.5, 0.6) is 0 Å². The highest BCUT2D eigenvalue weighted by atomic mass is 15.2. The summed E-state index contributed by atoms with van der Waals surface area (Å²) in [5.74, 6) is 1.13. The number of hydrogen-bond donors (Lipinski definition) is 1. The van der Waals surface area contributed by atoms with Crippen molar-refractivity contribution in [1.29, 1.82) is 5.26 Å². The second-order valence-electron chi connectivity index (χ2n) is 5.21. The average molecular weight is 279 g/mol. The van der Waals surface area contributed by atoms with Crippen LogP contribution in [-0.4, -0.2) is 34.5 Å². The molecule has 0 aliphatic carbocycles. The van der Waals surface area contributed by atoms with E-state index in [4.69, 9.17) is 5.26 Å². The van der Waals surface area contributed by atoms with Crippen LogP contribution < -0.4 is 5.32 Å². The third kappa shape index (κ3) is 3.29. The molecule has 0 amide bonds. The molecule has 1 atom stereocenters. The van der Waals surface area contributed by atoms with Crippen LogP contribution in [0.3, 0.4) is 0 Å². The van der Waals surface area contributed by atoms with Crippen LogP contribution in [0, 0.1) is 17.4 Å². The highest BCUT2D eigenvalue weighted by Gasteiger charge is 2.21. The number of rotatable bonds is 4. The van der Waals surface area contributed by atoms with Gasteiger partial charge in [0.15, 0.2) is 6.19 Å². The molecule has 0 spiro atoms. The van der Waals surface area contributed by atoms with Crippen molar-refractivity contribution in [2.75, 3.05) is 25.0 Å². The van der Waals surface area contributed by atoms with Gasteiger partial charge in [-0.05, 0) is 18.4 Å². The van der Waals surface area contributed by atoms with Crippen molar-refractivity contribution in [1.82, 2.24) is 14.9 Å². The van der Waals surface area contributed by atoms with E-state index in [0.717, 1.165) is 37.3 Å². The Morgan fingerprint density at radius 3 is 2.90 bits per heavy atom. The van der Waals surface area contributed by atoms with Gasteiger partial charge in [-0.3, -0.25) is 0 Å². The third-order valence-electron chi connectivity index (χ3n) is 3.70. The Kier molecular flexibility index (Phi) is 3.97. The monoisotopic (exact) mass is 279 g/mol. The van der Waals surface area contributed by atoms with Gasteiger partial charge in [0.25, 0.3) is 0 Å². The van der Waals surface area contributed by atoms with E-state index in [1.807, 2.05) is 36.4 Å². The molecule has 1 fully saturated rings. The predicted molar refractivity (Wildman–Crippen MR) is 81.3 cm³/mol. The molecule has 1 N–H and O–H groups in total. The topological polar surface area (TPSA) is 64.8 Å². The Morgan fingerprint density at radius 1 is 1.29 bits per heavy atom. The lowest BCUT2D eigenvalue weighted by molar-refractivity contribution is 0.460. The maximum Gasteiger partial charge on any atom is 0.223 e. The molecule has 0 saturated carbocycles. The zero-order valence-corrected chi connectivity index (χ0v) is 11.7. The lowest BCUT2D eigenvalue weighted by Gasteiger charge is -2.11. The summed E-state index contributed by atoms with van der Waals surface area (Å²) in [6.45, 7) is 2.48. The fraction of sp³-hybridized carbons (Fsp3) is 0.312. The summed E-state index contributed by atoms with van der Waals surface area (Å²) in [5.41, 5.74) is 2.00. The number of nitrogens with zero attached hydrogens (tertiary/aromatic N) is 4. The van der Waals surface area contributed by atoms with Crippen LogP contribution in [0.2, 0.25) is 0 Å². The third-order valence-corrected chi connectivity index (χ3v) is 3.70. The van der Waals surface area contributed by atoms with E-state index in [2.05, 4.69) is 21.5 Å². The predicted octanol–water partition coefficient (Wildman–Crippen LogP) is 2.36. The summed E-state index contributed by atoms with van der Waals surface area (Å²) in [6.07, 6.45) is 5.01. The Hall–Kier alpha value is -2.61. The van der Waals surface area contributed by atoms with E-state index >= 15 is 0 Å². The molecule has 2 aromatic rings. The van der Waals surface area contributed by atoms with Gasteiger partial charge in [-0.1, -0.05) is 30.3 Å². The lowest BCUT2D eigenvalue weighted by atomic mass is 10.1. The molecular formula is C16H17N5. The molecule has 3 rings (SSSR count). The molecule has 1 saturated heterocycles.